The first kappa shape index (κ1) is 21.6. The predicted octanol–water partition coefficient (Wildman–Crippen LogP) is 7.24. The average Bonchev–Trinajstić information content (AvgIpc) is 2.94. The molecule has 0 aromatic heterocycles. The number of halogens is 1. The molecule has 0 fully saturated rings. The molecule has 1 unspecified atom stereocenters. The molecule has 33 heavy (non-hydrogen) atoms. The quantitative estimate of drug-likeness (QED) is 0.434. The Morgan fingerprint density at radius 1 is 0.939 bits per heavy atom. The summed E-state index contributed by atoms with van der Waals surface area (Å²) in [4.78, 5) is 13.4. The van der Waals surface area contributed by atoms with Crippen molar-refractivity contribution in [3.8, 4) is 16.9 Å². The lowest BCUT2D eigenvalue weighted by Crippen LogP contribution is -2.31. The Morgan fingerprint density at radius 3 is 2.39 bits per heavy atom. The first-order valence-corrected chi connectivity index (χ1v) is 11.6. The van der Waals surface area contributed by atoms with Gasteiger partial charge in [-0.2, -0.15) is 0 Å². The first-order chi connectivity index (χ1) is 15.8. The SMILES string of the molecule is COc1ccc(-c2ccc3c(c2)NC(c2ccccc2Cl)C2=C(CC(C)(C)CC2=O)N3)cc1. The van der Waals surface area contributed by atoms with E-state index in [4.69, 9.17) is 16.3 Å². The third-order valence-electron chi connectivity index (χ3n) is 6.45. The number of carbonyl (C=O) groups excluding carboxylic acids is 1. The summed E-state index contributed by atoms with van der Waals surface area (Å²) in [6, 6.07) is 21.7. The van der Waals surface area contributed by atoms with E-state index < -0.39 is 0 Å². The Kier molecular flexibility index (Phi) is 5.41. The van der Waals surface area contributed by atoms with Crippen molar-refractivity contribution in [1.29, 1.82) is 0 Å². The Labute approximate surface area is 199 Å². The van der Waals surface area contributed by atoms with Gasteiger partial charge in [0.2, 0.25) is 0 Å². The van der Waals surface area contributed by atoms with Gasteiger partial charge < -0.3 is 15.4 Å². The summed E-state index contributed by atoms with van der Waals surface area (Å²) in [6.45, 7) is 4.29. The maximum atomic E-state index is 13.4. The number of carbonyl (C=O) groups is 1. The van der Waals surface area contributed by atoms with Crippen molar-refractivity contribution in [2.24, 2.45) is 5.41 Å². The van der Waals surface area contributed by atoms with E-state index in [0.29, 0.717) is 11.4 Å². The number of nitrogens with one attached hydrogen (secondary N) is 2. The van der Waals surface area contributed by atoms with Crippen LogP contribution in [0.4, 0.5) is 11.4 Å². The summed E-state index contributed by atoms with van der Waals surface area (Å²) in [7, 11) is 1.67. The lowest BCUT2D eigenvalue weighted by molar-refractivity contribution is -0.118. The van der Waals surface area contributed by atoms with Crippen LogP contribution in [0, 0.1) is 5.41 Å². The number of anilines is 2. The second-order valence-corrected chi connectivity index (χ2v) is 9.95. The molecule has 1 atom stereocenters. The summed E-state index contributed by atoms with van der Waals surface area (Å²) >= 11 is 6.62. The topological polar surface area (TPSA) is 50.4 Å². The summed E-state index contributed by atoms with van der Waals surface area (Å²) in [5, 5.41) is 7.90. The van der Waals surface area contributed by atoms with Gasteiger partial charge in [0.25, 0.3) is 0 Å². The van der Waals surface area contributed by atoms with Gasteiger partial charge in [-0.3, -0.25) is 4.79 Å². The number of ketones is 1. The van der Waals surface area contributed by atoms with Crippen LogP contribution in [-0.2, 0) is 4.79 Å². The van der Waals surface area contributed by atoms with E-state index in [0.717, 1.165) is 51.5 Å². The van der Waals surface area contributed by atoms with Gasteiger partial charge >= 0.3 is 0 Å². The van der Waals surface area contributed by atoms with Crippen LogP contribution in [-0.4, -0.2) is 12.9 Å². The molecule has 0 saturated heterocycles. The van der Waals surface area contributed by atoms with Gasteiger partial charge in [0.1, 0.15) is 5.75 Å². The first-order valence-electron chi connectivity index (χ1n) is 11.2. The molecule has 1 heterocycles. The van der Waals surface area contributed by atoms with Crippen molar-refractivity contribution in [2.45, 2.75) is 32.7 Å². The fourth-order valence-corrected chi connectivity index (χ4v) is 5.09. The molecule has 5 rings (SSSR count). The fraction of sp³-hybridized carbons (Fsp3) is 0.250. The van der Waals surface area contributed by atoms with Crippen LogP contribution < -0.4 is 15.4 Å². The fourth-order valence-electron chi connectivity index (χ4n) is 4.85. The Morgan fingerprint density at radius 2 is 1.67 bits per heavy atom. The Bertz CT molecular complexity index is 1260. The Hall–Kier alpha value is -3.24. The second kappa shape index (κ2) is 8.27. The molecule has 1 aliphatic carbocycles. The number of benzene rings is 3. The van der Waals surface area contributed by atoms with E-state index in [1.165, 1.54) is 0 Å². The number of fused-ring (bicyclic) bond motifs is 1. The standard InChI is InChI=1S/C28H27ClN2O2/c1-28(2)15-24-26(25(32)16-28)27(20-6-4-5-7-21(20)29)31-23-14-18(10-13-22(23)30-24)17-8-11-19(33-3)12-9-17/h4-14,27,30-31H,15-16H2,1-3H3. The minimum Gasteiger partial charge on any atom is -0.497 e. The molecule has 4 nitrogen and oxygen atoms in total. The highest BCUT2D eigenvalue weighted by Gasteiger charge is 2.39. The number of rotatable bonds is 3. The van der Waals surface area contributed by atoms with Crippen molar-refractivity contribution < 1.29 is 9.53 Å². The normalized spacial score (nSPS) is 19.0. The van der Waals surface area contributed by atoms with Gasteiger partial charge in [-0.05, 0) is 58.9 Å². The average molecular weight is 459 g/mol. The van der Waals surface area contributed by atoms with Gasteiger partial charge in [-0.1, -0.05) is 61.8 Å². The molecule has 168 valence electrons. The third-order valence-corrected chi connectivity index (χ3v) is 6.80. The summed E-state index contributed by atoms with van der Waals surface area (Å²) < 4.78 is 5.30. The van der Waals surface area contributed by atoms with E-state index in [1.807, 2.05) is 48.5 Å². The lowest BCUT2D eigenvalue weighted by atomic mass is 9.73. The zero-order chi connectivity index (χ0) is 23.2. The number of ether oxygens (including phenoxy) is 1. The maximum absolute atomic E-state index is 13.4. The maximum Gasteiger partial charge on any atom is 0.163 e. The van der Waals surface area contributed by atoms with Crippen molar-refractivity contribution in [3.05, 3.63) is 88.6 Å². The van der Waals surface area contributed by atoms with Crippen molar-refractivity contribution in [2.75, 3.05) is 17.7 Å². The molecular weight excluding hydrogens is 432 g/mol. The molecule has 5 heteroatoms. The van der Waals surface area contributed by atoms with Gasteiger partial charge in [0, 0.05) is 22.7 Å². The summed E-state index contributed by atoms with van der Waals surface area (Å²) in [6.07, 6.45) is 1.32. The number of Topliss-reactive ketones (excluding diaryl/α,β-unsaturated/α-hetero) is 1. The smallest absolute Gasteiger partial charge is 0.163 e. The van der Waals surface area contributed by atoms with Gasteiger partial charge in [-0.25, -0.2) is 0 Å². The molecule has 2 N–H and O–H groups in total. The van der Waals surface area contributed by atoms with Crippen molar-refractivity contribution in [3.63, 3.8) is 0 Å². The highest BCUT2D eigenvalue weighted by atomic mass is 35.5. The summed E-state index contributed by atoms with van der Waals surface area (Å²) in [5.74, 6) is 0.986. The number of allylic oxidation sites excluding steroid dienone is 1. The van der Waals surface area contributed by atoms with Gasteiger partial charge in [0.15, 0.2) is 5.78 Å². The zero-order valence-corrected chi connectivity index (χ0v) is 19.8. The molecule has 2 aliphatic rings. The molecular formula is C28H27ClN2O2. The van der Waals surface area contributed by atoms with Crippen LogP contribution >= 0.6 is 11.6 Å². The second-order valence-electron chi connectivity index (χ2n) is 9.55. The molecule has 0 amide bonds. The van der Waals surface area contributed by atoms with Crippen LogP contribution in [0.1, 0.15) is 38.3 Å². The van der Waals surface area contributed by atoms with Gasteiger partial charge in [0.05, 0.1) is 24.5 Å². The largest absolute Gasteiger partial charge is 0.497 e. The molecule has 0 bridgehead atoms. The molecule has 3 aromatic rings. The zero-order valence-electron chi connectivity index (χ0n) is 19.0. The monoisotopic (exact) mass is 458 g/mol. The van der Waals surface area contributed by atoms with Crippen LogP contribution in [0.3, 0.4) is 0 Å². The number of methoxy groups -OCH3 is 1. The van der Waals surface area contributed by atoms with Gasteiger partial charge in [-0.15, -0.1) is 0 Å². The van der Waals surface area contributed by atoms with Crippen LogP contribution in [0.5, 0.6) is 5.75 Å². The van der Waals surface area contributed by atoms with E-state index in [2.05, 4.69) is 42.7 Å². The highest BCUT2D eigenvalue weighted by Crippen LogP contribution is 2.47. The lowest BCUT2D eigenvalue weighted by Gasteiger charge is -2.34. The number of hydrogen-bond acceptors (Lipinski definition) is 4. The molecule has 0 radical (unpaired) electrons. The highest BCUT2D eigenvalue weighted by molar-refractivity contribution is 6.31. The van der Waals surface area contributed by atoms with E-state index >= 15 is 0 Å². The number of hydrogen-bond donors (Lipinski definition) is 2. The molecule has 3 aromatic carbocycles. The minimum absolute atomic E-state index is 0.0957. The Balaban J connectivity index is 1.62. The molecule has 0 saturated carbocycles. The predicted molar refractivity (Wildman–Crippen MR) is 135 cm³/mol. The summed E-state index contributed by atoms with van der Waals surface area (Å²) in [5.41, 5.74) is 6.64. The van der Waals surface area contributed by atoms with Crippen molar-refractivity contribution >= 4 is 28.8 Å². The van der Waals surface area contributed by atoms with E-state index in [1.54, 1.807) is 7.11 Å². The van der Waals surface area contributed by atoms with Crippen LogP contribution in [0.15, 0.2) is 78.0 Å². The van der Waals surface area contributed by atoms with Crippen molar-refractivity contribution in [1.82, 2.24) is 0 Å². The van der Waals surface area contributed by atoms with Crippen LogP contribution in [0.2, 0.25) is 5.02 Å². The molecule has 1 aliphatic heterocycles. The van der Waals surface area contributed by atoms with Crippen LogP contribution in [0.25, 0.3) is 11.1 Å². The van der Waals surface area contributed by atoms with E-state index in [9.17, 15) is 4.79 Å². The van der Waals surface area contributed by atoms with E-state index in [-0.39, 0.29) is 17.2 Å². The third kappa shape index (κ3) is 4.11. The molecule has 0 spiro atoms. The minimum atomic E-state index is -0.322.